The topological polar surface area (TPSA) is 14.1 Å². The summed E-state index contributed by atoms with van der Waals surface area (Å²) in [5.74, 6) is 0.589. The minimum Gasteiger partial charge on any atom is -0.260 e. The first kappa shape index (κ1) is 13.2. The zero-order valence-electron chi connectivity index (χ0n) is 11.7. The van der Waals surface area contributed by atoms with Crippen molar-refractivity contribution in [3.63, 3.8) is 0 Å². The van der Waals surface area contributed by atoms with E-state index in [0.29, 0.717) is 5.92 Å². The Hall–Kier alpha value is -1.24. The third kappa shape index (κ3) is 3.16. The lowest BCUT2D eigenvalue weighted by molar-refractivity contribution is 0.551. The first-order valence-electron chi connectivity index (χ1n) is 7.33. The van der Waals surface area contributed by atoms with Gasteiger partial charge in [-0.3, -0.25) is 5.32 Å². The van der Waals surface area contributed by atoms with E-state index in [1.54, 1.807) is 0 Å². The maximum absolute atomic E-state index is 4.61. The van der Waals surface area contributed by atoms with Gasteiger partial charge >= 0.3 is 0 Å². The van der Waals surface area contributed by atoms with Gasteiger partial charge in [-0.05, 0) is 12.3 Å². The molecule has 1 aromatic rings. The highest BCUT2D eigenvalue weighted by atomic mass is 14.9. The number of hydrogen-bond acceptors (Lipinski definition) is 0. The number of unbranched alkanes of at least 4 members (excludes halogenated alkanes) is 4. The SMILES string of the molecule is CCCCCCCC(C)C1=c2ccccc2=C[N]1. The van der Waals surface area contributed by atoms with Gasteiger partial charge in [0.15, 0.2) is 0 Å². The van der Waals surface area contributed by atoms with Gasteiger partial charge in [0.2, 0.25) is 0 Å². The summed E-state index contributed by atoms with van der Waals surface area (Å²) in [6.07, 6.45) is 10.1. The van der Waals surface area contributed by atoms with Gasteiger partial charge in [0.25, 0.3) is 0 Å². The number of hydrogen-bond donors (Lipinski definition) is 0. The molecule has 1 radical (unpaired) electrons. The highest BCUT2D eigenvalue weighted by molar-refractivity contribution is 5.56. The lowest BCUT2D eigenvalue weighted by Crippen LogP contribution is -2.24. The Morgan fingerprint density at radius 1 is 1.06 bits per heavy atom. The van der Waals surface area contributed by atoms with Crippen molar-refractivity contribution in [2.24, 2.45) is 5.92 Å². The van der Waals surface area contributed by atoms with Gasteiger partial charge in [0.1, 0.15) is 0 Å². The van der Waals surface area contributed by atoms with Gasteiger partial charge in [-0.2, -0.15) is 0 Å². The van der Waals surface area contributed by atoms with E-state index in [1.165, 1.54) is 54.7 Å². The monoisotopic (exact) mass is 242 g/mol. The van der Waals surface area contributed by atoms with Crippen LogP contribution in [0.15, 0.2) is 24.3 Å². The molecule has 1 aromatic carbocycles. The molecule has 1 nitrogen and oxygen atoms in total. The molecule has 1 heteroatoms. The van der Waals surface area contributed by atoms with E-state index in [0.717, 1.165) is 0 Å². The van der Waals surface area contributed by atoms with E-state index >= 15 is 0 Å². The largest absolute Gasteiger partial charge is 0.260 e. The van der Waals surface area contributed by atoms with E-state index in [1.807, 2.05) is 6.20 Å². The molecule has 1 atom stereocenters. The van der Waals surface area contributed by atoms with Crippen LogP contribution in [-0.2, 0) is 0 Å². The Labute approximate surface area is 111 Å². The molecular weight excluding hydrogens is 218 g/mol. The standard InChI is InChI=1S/C17H24N/c1-3-4-5-6-7-10-14(2)17-16-12-9-8-11-15(16)13-18-17/h8-9,11-14H,3-7,10H2,1-2H3. The van der Waals surface area contributed by atoms with Gasteiger partial charge in [0, 0.05) is 16.6 Å². The Morgan fingerprint density at radius 3 is 2.67 bits per heavy atom. The first-order valence-corrected chi connectivity index (χ1v) is 7.33. The smallest absolute Gasteiger partial charge is 0.0510 e. The second-order valence-corrected chi connectivity index (χ2v) is 5.33. The highest BCUT2D eigenvalue weighted by Crippen LogP contribution is 2.18. The van der Waals surface area contributed by atoms with Crippen LogP contribution in [0.4, 0.5) is 0 Å². The molecule has 0 saturated carbocycles. The Morgan fingerprint density at radius 2 is 1.83 bits per heavy atom. The predicted octanol–water partition coefficient (Wildman–Crippen LogP) is 3.15. The van der Waals surface area contributed by atoms with Crippen LogP contribution in [0.3, 0.4) is 0 Å². The molecule has 1 heterocycles. The summed E-state index contributed by atoms with van der Waals surface area (Å²) in [6.45, 7) is 4.58. The highest BCUT2D eigenvalue weighted by Gasteiger charge is 2.13. The van der Waals surface area contributed by atoms with Crippen molar-refractivity contribution in [1.29, 1.82) is 0 Å². The van der Waals surface area contributed by atoms with Crippen molar-refractivity contribution in [3.05, 3.63) is 34.7 Å². The Bertz CT molecular complexity index is 487. The summed E-state index contributed by atoms with van der Waals surface area (Å²) in [4.78, 5) is 0. The van der Waals surface area contributed by atoms with Crippen LogP contribution < -0.4 is 15.8 Å². The van der Waals surface area contributed by atoms with Crippen molar-refractivity contribution in [3.8, 4) is 0 Å². The number of rotatable bonds is 7. The Kier molecular flexibility index (Phi) is 4.86. The van der Waals surface area contributed by atoms with Crippen LogP contribution in [0.5, 0.6) is 0 Å². The fourth-order valence-electron chi connectivity index (χ4n) is 2.63. The van der Waals surface area contributed by atoms with Gasteiger partial charge < -0.3 is 0 Å². The fourth-order valence-corrected chi connectivity index (χ4v) is 2.63. The van der Waals surface area contributed by atoms with Crippen LogP contribution in [0, 0.1) is 5.92 Å². The van der Waals surface area contributed by atoms with Crippen LogP contribution in [0.1, 0.15) is 52.4 Å². The average Bonchev–Trinajstić information content (AvgIpc) is 2.82. The van der Waals surface area contributed by atoms with Crippen LogP contribution in [-0.4, -0.2) is 0 Å². The molecule has 0 N–H and O–H groups in total. The molecular formula is C17H24N. The minimum absolute atomic E-state index is 0.589. The summed E-state index contributed by atoms with van der Waals surface area (Å²) in [6, 6.07) is 8.55. The lowest BCUT2D eigenvalue weighted by atomic mass is 9.98. The molecule has 0 aromatic heterocycles. The summed E-state index contributed by atoms with van der Waals surface area (Å²) < 4.78 is 0. The third-order valence-electron chi connectivity index (χ3n) is 3.79. The van der Waals surface area contributed by atoms with E-state index in [4.69, 9.17) is 0 Å². The van der Waals surface area contributed by atoms with E-state index in [2.05, 4.69) is 43.4 Å². The van der Waals surface area contributed by atoms with Crippen LogP contribution >= 0.6 is 0 Å². The molecule has 2 rings (SSSR count). The van der Waals surface area contributed by atoms with Gasteiger partial charge in [-0.1, -0.05) is 70.2 Å². The third-order valence-corrected chi connectivity index (χ3v) is 3.79. The second kappa shape index (κ2) is 6.63. The van der Waals surface area contributed by atoms with Crippen LogP contribution in [0.2, 0.25) is 0 Å². The van der Waals surface area contributed by atoms with Crippen LogP contribution in [0.25, 0.3) is 11.9 Å². The molecule has 1 aliphatic rings. The van der Waals surface area contributed by atoms with Gasteiger partial charge in [-0.15, -0.1) is 0 Å². The van der Waals surface area contributed by atoms with Crippen molar-refractivity contribution in [2.45, 2.75) is 52.4 Å². The number of fused-ring (bicyclic) bond motifs is 1. The second-order valence-electron chi connectivity index (χ2n) is 5.33. The summed E-state index contributed by atoms with van der Waals surface area (Å²) >= 11 is 0. The fraction of sp³-hybridized carbons (Fsp3) is 0.529. The van der Waals surface area contributed by atoms with Crippen molar-refractivity contribution in [1.82, 2.24) is 5.32 Å². The minimum atomic E-state index is 0.589. The van der Waals surface area contributed by atoms with E-state index < -0.39 is 0 Å². The molecule has 0 fully saturated rings. The first-order chi connectivity index (χ1) is 8.83. The van der Waals surface area contributed by atoms with E-state index in [-0.39, 0.29) is 0 Å². The quantitative estimate of drug-likeness (QED) is 0.652. The predicted molar refractivity (Wildman–Crippen MR) is 78.2 cm³/mol. The maximum atomic E-state index is 4.61. The zero-order valence-corrected chi connectivity index (χ0v) is 11.7. The lowest BCUT2D eigenvalue weighted by Gasteiger charge is -2.12. The molecule has 0 bridgehead atoms. The summed E-state index contributed by atoms with van der Waals surface area (Å²) in [7, 11) is 0. The van der Waals surface area contributed by atoms with Crippen molar-refractivity contribution < 1.29 is 0 Å². The van der Waals surface area contributed by atoms with Gasteiger partial charge in [0.05, 0.1) is 5.70 Å². The molecule has 0 spiro atoms. The molecule has 0 aliphatic carbocycles. The maximum Gasteiger partial charge on any atom is 0.0510 e. The molecule has 97 valence electrons. The van der Waals surface area contributed by atoms with Gasteiger partial charge in [-0.25, -0.2) is 0 Å². The molecule has 1 unspecified atom stereocenters. The van der Waals surface area contributed by atoms with Crippen molar-refractivity contribution >= 4 is 11.9 Å². The molecule has 1 aliphatic heterocycles. The normalized spacial score (nSPS) is 14.9. The summed E-state index contributed by atoms with van der Waals surface area (Å²) in [5, 5.41) is 7.24. The Balaban J connectivity index is 1.91. The zero-order chi connectivity index (χ0) is 12.8. The number of nitrogens with zero attached hydrogens (tertiary/aromatic N) is 1. The molecule has 0 saturated heterocycles. The molecule has 18 heavy (non-hydrogen) atoms. The summed E-state index contributed by atoms with van der Waals surface area (Å²) in [5.41, 5.74) is 1.29. The molecule has 0 amide bonds. The van der Waals surface area contributed by atoms with E-state index in [9.17, 15) is 0 Å². The average molecular weight is 242 g/mol. The van der Waals surface area contributed by atoms with Crippen molar-refractivity contribution in [2.75, 3.05) is 0 Å². The number of benzene rings is 1.